The van der Waals surface area contributed by atoms with E-state index in [1.54, 1.807) is 30.5 Å². The Kier molecular flexibility index (Phi) is 5.40. The molecule has 28 heavy (non-hydrogen) atoms. The van der Waals surface area contributed by atoms with Crippen LogP contribution in [0.15, 0.2) is 37.1 Å². The molecule has 0 aromatic carbocycles. The van der Waals surface area contributed by atoms with Gasteiger partial charge in [0.1, 0.15) is 6.33 Å². The zero-order chi connectivity index (χ0) is 20.5. The number of hydrogen-bond donors (Lipinski definition) is 1. The van der Waals surface area contributed by atoms with Gasteiger partial charge in [-0.3, -0.25) is 9.55 Å². The lowest BCUT2D eigenvalue weighted by Crippen LogP contribution is -2.56. The summed E-state index contributed by atoms with van der Waals surface area (Å²) in [5.41, 5.74) is 1.40. The van der Waals surface area contributed by atoms with Crippen molar-refractivity contribution in [1.82, 2.24) is 24.3 Å². The number of piperidine rings is 1. The molecule has 2 unspecified atom stereocenters. The van der Waals surface area contributed by atoms with Crippen LogP contribution in [0.4, 0.5) is 9.59 Å². The van der Waals surface area contributed by atoms with E-state index in [-0.39, 0.29) is 23.5 Å². The van der Waals surface area contributed by atoms with Crippen molar-refractivity contribution in [1.29, 1.82) is 0 Å². The molecule has 150 valence electrons. The van der Waals surface area contributed by atoms with E-state index in [9.17, 15) is 14.7 Å². The van der Waals surface area contributed by atoms with E-state index in [4.69, 9.17) is 0 Å². The first-order valence-corrected chi connectivity index (χ1v) is 9.39. The molecule has 2 aromatic heterocycles. The van der Waals surface area contributed by atoms with Gasteiger partial charge in [0.2, 0.25) is 0 Å². The first kappa shape index (κ1) is 19.9. The van der Waals surface area contributed by atoms with Crippen molar-refractivity contribution >= 4 is 12.1 Å². The molecule has 0 saturated carbocycles. The number of aromatic nitrogens is 3. The predicted octanol–water partition coefficient (Wildman–Crippen LogP) is 3.40. The van der Waals surface area contributed by atoms with Crippen LogP contribution in [0.3, 0.4) is 0 Å². The molecule has 1 N–H and O–H groups in total. The minimum Gasteiger partial charge on any atom is -0.465 e. The number of rotatable bonds is 2. The van der Waals surface area contributed by atoms with E-state index in [0.29, 0.717) is 25.1 Å². The fourth-order valence-corrected chi connectivity index (χ4v) is 3.79. The Morgan fingerprint density at radius 2 is 1.93 bits per heavy atom. The Hall–Kier alpha value is -2.90. The molecule has 0 spiro atoms. The summed E-state index contributed by atoms with van der Waals surface area (Å²) in [5.74, 6) is 0. The van der Waals surface area contributed by atoms with Gasteiger partial charge in [-0.1, -0.05) is 20.8 Å². The molecule has 1 saturated heterocycles. The topological polar surface area (TPSA) is 91.6 Å². The van der Waals surface area contributed by atoms with Gasteiger partial charge in [-0.25, -0.2) is 14.6 Å². The SMILES string of the molecule is CN(C(=O)n1cnc(-c2ccncc2)c1)C1CCN(C(=O)O)C(C(C)(C)C)C1. The lowest BCUT2D eigenvalue weighted by atomic mass is 9.79. The Bertz CT molecular complexity index is 843. The van der Waals surface area contributed by atoms with Crippen molar-refractivity contribution < 1.29 is 14.7 Å². The minimum absolute atomic E-state index is 0.0286. The number of imidazole rings is 1. The molecule has 1 fully saturated rings. The summed E-state index contributed by atoms with van der Waals surface area (Å²) in [4.78, 5) is 36.1. The maximum atomic E-state index is 13.0. The standard InChI is InChI=1S/C20H27N5O3/c1-20(2,3)17-11-15(7-10-25(17)19(27)28)23(4)18(26)24-12-16(22-13-24)14-5-8-21-9-6-14/h5-6,8-9,12-13,15,17H,7,10-11H2,1-4H3,(H,27,28). The zero-order valence-corrected chi connectivity index (χ0v) is 16.7. The molecule has 2 aromatic rings. The molecule has 2 atom stereocenters. The van der Waals surface area contributed by atoms with Crippen LogP contribution in [0.5, 0.6) is 0 Å². The highest BCUT2D eigenvalue weighted by Gasteiger charge is 2.40. The third kappa shape index (κ3) is 4.00. The second-order valence-corrected chi connectivity index (χ2v) is 8.33. The molecule has 3 heterocycles. The molecule has 0 radical (unpaired) electrons. The van der Waals surface area contributed by atoms with Crippen molar-refractivity contribution in [2.75, 3.05) is 13.6 Å². The van der Waals surface area contributed by atoms with Crippen molar-refractivity contribution in [3.8, 4) is 11.3 Å². The van der Waals surface area contributed by atoms with Crippen LogP contribution in [0.1, 0.15) is 33.6 Å². The summed E-state index contributed by atoms with van der Waals surface area (Å²) in [6, 6.07) is 3.34. The third-order valence-electron chi connectivity index (χ3n) is 5.45. The molecular weight excluding hydrogens is 358 g/mol. The number of pyridine rings is 1. The van der Waals surface area contributed by atoms with Gasteiger partial charge in [0.05, 0.1) is 5.69 Å². The highest BCUT2D eigenvalue weighted by atomic mass is 16.4. The maximum Gasteiger partial charge on any atom is 0.407 e. The second-order valence-electron chi connectivity index (χ2n) is 8.33. The molecule has 1 aliphatic rings. The Morgan fingerprint density at radius 1 is 1.25 bits per heavy atom. The fourth-order valence-electron chi connectivity index (χ4n) is 3.79. The van der Waals surface area contributed by atoms with Crippen molar-refractivity contribution in [2.45, 2.75) is 45.7 Å². The number of likely N-dealkylation sites (tertiary alicyclic amines) is 1. The van der Waals surface area contributed by atoms with Crippen LogP contribution < -0.4 is 0 Å². The Labute approximate surface area is 164 Å². The highest BCUT2D eigenvalue weighted by molar-refractivity contribution is 5.78. The van der Waals surface area contributed by atoms with E-state index in [2.05, 4.69) is 9.97 Å². The third-order valence-corrected chi connectivity index (χ3v) is 5.45. The summed E-state index contributed by atoms with van der Waals surface area (Å²) in [7, 11) is 1.77. The summed E-state index contributed by atoms with van der Waals surface area (Å²) in [6.45, 7) is 6.53. The molecule has 8 nitrogen and oxygen atoms in total. The second kappa shape index (κ2) is 7.61. The predicted molar refractivity (Wildman–Crippen MR) is 105 cm³/mol. The van der Waals surface area contributed by atoms with Crippen LogP contribution in [-0.4, -0.2) is 67.2 Å². The van der Waals surface area contributed by atoms with Gasteiger partial charge in [0.25, 0.3) is 0 Å². The summed E-state index contributed by atoms with van der Waals surface area (Å²) >= 11 is 0. The van der Waals surface area contributed by atoms with Crippen molar-refractivity contribution in [3.63, 3.8) is 0 Å². The summed E-state index contributed by atoms with van der Waals surface area (Å²) in [5, 5.41) is 9.52. The normalized spacial score (nSPS) is 20.1. The van der Waals surface area contributed by atoms with E-state index >= 15 is 0 Å². The van der Waals surface area contributed by atoms with Gasteiger partial charge in [-0.05, 0) is 30.4 Å². The van der Waals surface area contributed by atoms with Crippen molar-refractivity contribution in [2.24, 2.45) is 5.41 Å². The van der Waals surface area contributed by atoms with Gasteiger partial charge in [0.15, 0.2) is 0 Å². The monoisotopic (exact) mass is 385 g/mol. The maximum absolute atomic E-state index is 13.0. The summed E-state index contributed by atoms with van der Waals surface area (Å²) < 4.78 is 1.48. The Balaban J connectivity index is 1.75. The van der Waals surface area contributed by atoms with Crippen LogP contribution in [0, 0.1) is 5.41 Å². The van der Waals surface area contributed by atoms with Gasteiger partial charge in [0, 0.05) is 49.8 Å². The smallest absolute Gasteiger partial charge is 0.407 e. The van der Waals surface area contributed by atoms with E-state index in [1.807, 2.05) is 32.9 Å². The first-order valence-electron chi connectivity index (χ1n) is 9.39. The largest absolute Gasteiger partial charge is 0.465 e. The lowest BCUT2D eigenvalue weighted by Gasteiger charge is -2.46. The molecule has 0 bridgehead atoms. The number of amides is 2. The Morgan fingerprint density at radius 3 is 2.54 bits per heavy atom. The molecular formula is C20H27N5O3. The molecule has 2 amide bonds. The van der Waals surface area contributed by atoms with E-state index < -0.39 is 6.09 Å². The van der Waals surface area contributed by atoms with Crippen molar-refractivity contribution in [3.05, 3.63) is 37.1 Å². The first-order chi connectivity index (χ1) is 13.2. The van der Waals surface area contributed by atoms with Gasteiger partial charge in [-0.15, -0.1) is 0 Å². The fraction of sp³-hybridized carbons (Fsp3) is 0.500. The minimum atomic E-state index is -0.899. The molecule has 1 aliphatic heterocycles. The quantitative estimate of drug-likeness (QED) is 0.855. The summed E-state index contributed by atoms with van der Waals surface area (Å²) in [6.07, 6.45) is 6.93. The van der Waals surface area contributed by atoms with Gasteiger partial charge < -0.3 is 14.9 Å². The average molecular weight is 385 g/mol. The molecule has 8 heteroatoms. The van der Waals surface area contributed by atoms with Gasteiger partial charge >= 0.3 is 12.1 Å². The number of nitrogens with zero attached hydrogens (tertiary/aromatic N) is 5. The van der Waals surface area contributed by atoms with Crippen LogP contribution in [0.25, 0.3) is 11.3 Å². The average Bonchev–Trinajstić information content (AvgIpc) is 3.16. The van der Waals surface area contributed by atoms with E-state index in [1.165, 1.54) is 15.8 Å². The lowest BCUT2D eigenvalue weighted by molar-refractivity contribution is 0.0330. The van der Waals surface area contributed by atoms with Crippen LogP contribution in [-0.2, 0) is 0 Å². The number of carbonyl (C=O) groups excluding carboxylic acids is 1. The molecule has 0 aliphatic carbocycles. The molecule has 3 rings (SSSR count). The van der Waals surface area contributed by atoms with E-state index in [0.717, 1.165) is 5.56 Å². The van der Waals surface area contributed by atoms with Crippen LogP contribution in [0.2, 0.25) is 0 Å². The zero-order valence-electron chi connectivity index (χ0n) is 16.7. The number of carbonyl (C=O) groups is 2. The van der Waals surface area contributed by atoms with Crippen LogP contribution >= 0.6 is 0 Å². The van der Waals surface area contributed by atoms with Gasteiger partial charge in [-0.2, -0.15) is 0 Å². The number of carboxylic acid groups (broad SMARTS) is 1. The highest BCUT2D eigenvalue weighted by Crippen LogP contribution is 2.33. The number of hydrogen-bond acceptors (Lipinski definition) is 4.